The molecule has 0 rings (SSSR count). The van der Waals surface area contributed by atoms with Crippen molar-refractivity contribution in [2.45, 2.75) is 39.5 Å². The van der Waals surface area contributed by atoms with Gasteiger partial charge < -0.3 is 9.59 Å². The summed E-state index contributed by atoms with van der Waals surface area (Å²) in [5.74, 6) is 0. The standard InChI is InChI=1S/C11H26NO/c1-4-12(3,5-2)10-8-6-7-9-11-13/h13H,4-11H2,1-3H3/q+1. The van der Waals surface area contributed by atoms with Crippen molar-refractivity contribution in [3.05, 3.63) is 0 Å². The highest BCUT2D eigenvalue weighted by Gasteiger charge is 2.14. The van der Waals surface area contributed by atoms with Crippen LogP contribution in [-0.2, 0) is 0 Å². The normalized spacial score (nSPS) is 12.0. The molecule has 0 aromatic rings. The molecule has 0 aromatic carbocycles. The molecule has 0 radical (unpaired) electrons. The number of aliphatic hydroxyl groups excluding tert-OH is 1. The Morgan fingerprint density at radius 2 is 1.46 bits per heavy atom. The molecule has 0 spiro atoms. The summed E-state index contributed by atoms with van der Waals surface area (Å²) in [6.07, 6.45) is 4.73. The van der Waals surface area contributed by atoms with Crippen molar-refractivity contribution in [1.82, 2.24) is 0 Å². The van der Waals surface area contributed by atoms with E-state index in [0.29, 0.717) is 6.61 Å². The van der Waals surface area contributed by atoms with Gasteiger partial charge in [-0.2, -0.15) is 0 Å². The molecule has 2 nitrogen and oxygen atoms in total. The first-order valence-electron chi connectivity index (χ1n) is 5.63. The summed E-state index contributed by atoms with van der Waals surface area (Å²) in [7, 11) is 2.33. The minimum Gasteiger partial charge on any atom is -0.396 e. The minimum absolute atomic E-state index is 0.355. The van der Waals surface area contributed by atoms with Crippen LogP contribution in [-0.4, -0.2) is 42.9 Å². The summed E-state index contributed by atoms with van der Waals surface area (Å²) in [6.45, 7) is 8.63. The van der Waals surface area contributed by atoms with Gasteiger partial charge in [0.25, 0.3) is 0 Å². The Labute approximate surface area is 83.2 Å². The molecule has 0 amide bonds. The second-order valence-corrected chi connectivity index (χ2v) is 4.11. The summed E-state index contributed by atoms with van der Waals surface area (Å²) in [6, 6.07) is 0. The lowest BCUT2D eigenvalue weighted by Crippen LogP contribution is -2.44. The number of nitrogens with zero attached hydrogens (tertiary/aromatic N) is 1. The number of hydrogen-bond acceptors (Lipinski definition) is 1. The van der Waals surface area contributed by atoms with Crippen molar-refractivity contribution in [2.24, 2.45) is 0 Å². The monoisotopic (exact) mass is 188 g/mol. The van der Waals surface area contributed by atoms with Gasteiger partial charge in [-0.3, -0.25) is 0 Å². The van der Waals surface area contributed by atoms with E-state index in [1.807, 2.05) is 0 Å². The van der Waals surface area contributed by atoms with E-state index in [1.165, 1.54) is 43.4 Å². The molecule has 2 heteroatoms. The molecule has 13 heavy (non-hydrogen) atoms. The lowest BCUT2D eigenvalue weighted by Gasteiger charge is -2.32. The predicted octanol–water partition coefficient (Wildman–Crippen LogP) is 2.03. The molecule has 0 aromatic heterocycles. The van der Waals surface area contributed by atoms with Gasteiger partial charge in [-0.05, 0) is 33.1 Å². The molecule has 0 saturated carbocycles. The third-order valence-electron chi connectivity index (χ3n) is 3.13. The van der Waals surface area contributed by atoms with E-state index in [-0.39, 0.29) is 0 Å². The van der Waals surface area contributed by atoms with Crippen LogP contribution in [0.25, 0.3) is 0 Å². The SMILES string of the molecule is CC[N+](C)(CC)CCCCCCO. The molecular formula is C11H26NO+. The van der Waals surface area contributed by atoms with Crippen LogP contribution in [0.3, 0.4) is 0 Å². The van der Waals surface area contributed by atoms with Gasteiger partial charge in [0.2, 0.25) is 0 Å². The molecule has 0 fully saturated rings. The number of unbranched alkanes of at least 4 members (excludes halogenated alkanes) is 3. The Bertz CT molecular complexity index is 111. The van der Waals surface area contributed by atoms with Gasteiger partial charge in [0.05, 0.1) is 26.7 Å². The largest absolute Gasteiger partial charge is 0.396 e. The van der Waals surface area contributed by atoms with Crippen LogP contribution >= 0.6 is 0 Å². The van der Waals surface area contributed by atoms with Gasteiger partial charge >= 0.3 is 0 Å². The topological polar surface area (TPSA) is 20.2 Å². The quantitative estimate of drug-likeness (QED) is 0.456. The fourth-order valence-electron chi connectivity index (χ4n) is 1.50. The maximum Gasteiger partial charge on any atom is 0.0784 e. The van der Waals surface area contributed by atoms with Crippen molar-refractivity contribution in [3.8, 4) is 0 Å². The number of rotatable bonds is 8. The van der Waals surface area contributed by atoms with E-state index >= 15 is 0 Å². The van der Waals surface area contributed by atoms with Crippen molar-refractivity contribution >= 4 is 0 Å². The van der Waals surface area contributed by atoms with E-state index in [4.69, 9.17) is 5.11 Å². The molecular weight excluding hydrogens is 162 g/mol. The maximum atomic E-state index is 8.61. The molecule has 0 aliphatic rings. The van der Waals surface area contributed by atoms with E-state index in [0.717, 1.165) is 6.42 Å². The zero-order valence-corrected chi connectivity index (χ0v) is 9.55. The second kappa shape index (κ2) is 7.34. The van der Waals surface area contributed by atoms with Crippen molar-refractivity contribution in [2.75, 3.05) is 33.3 Å². The van der Waals surface area contributed by atoms with Crippen LogP contribution < -0.4 is 0 Å². The van der Waals surface area contributed by atoms with Gasteiger partial charge in [0.1, 0.15) is 0 Å². The first-order chi connectivity index (χ1) is 6.18. The van der Waals surface area contributed by atoms with Gasteiger partial charge in [0, 0.05) is 6.61 Å². The minimum atomic E-state index is 0.355. The van der Waals surface area contributed by atoms with Gasteiger partial charge in [0.15, 0.2) is 0 Å². The Morgan fingerprint density at radius 1 is 0.923 bits per heavy atom. The molecule has 0 saturated heterocycles. The zero-order valence-electron chi connectivity index (χ0n) is 9.55. The Morgan fingerprint density at radius 3 is 1.92 bits per heavy atom. The molecule has 0 unspecified atom stereocenters. The Kier molecular flexibility index (Phi) is 7.29. The zero-order chi connectivity index (χ0) is 10.2. The lowest BCUT2D eigenvalue weighted by atomic mass is 10.2. The van der Waals surface area contributed by atoms with Crippen molar-refractivity contribution < 1.29 is 9.59 Å². The molecule has 0 aliphatic heterocycles. The highest BCUT2D eigenvalue weighted by Crippen LogP contribution is 2.07. The fourth-order valence-corrected chi connectivity index (χ4v) is 1.50. The van der Waals surface area contributed by atoms with Crippen LogP contribution in [0.5, 0.6) is 0 Å². The summed E-state index contributed by atoms with van der Waals surface area (Å²) in [4.78, 5) is 0. The Balaban J connectivity index is 3.39. The second-order valence-electron chi connectivity index (χ2n) is 4.11. The summed E-state index contributed by atoms with van der Waals surface area (Å²) in [5.41, 5.74) is 0. The average Bonchev–Trinajstić information content (AvgIpc) is 2.17. The molecule has 0 aliphatic carbocycles. The van der Waals surface area contributed by atoms with E-state index in [2.05, 4.69) is 20.9 Å². The summed E-state index contributed by atoms with van der Waals surface area (Å²) in [5, 5.41) is 8.61. The highest BCUT2D eigenvalue weighted by molar-refractivity contribution is 4.42. The van der Waals surface area contributed by atoms with E-state index in [9.17, 15) is 0 Å². The summed E-state index contributed by atoms with van der Waals surface area (Å²) >= 11 is 0. The third-order valence-corrected chi connectivity index (χ3v) is 3.13. The number of quaternary nitrogens is 1. The van der Waals surface area contributed by atoms with Crippen LogP contribution in [0.2, 0.25) is 0 Å². The van der Waals surface area contributed by atoms with E-state index in [1.54, 1.807) is 0 Å². The van der Waals surface area contributed by atoms with Crippen LogP contribution in [0, 0.1) is 0 Å². The van der Waals surface area contributed by atoms with Crippen molar-refractivity contribution in [3.63, 3.8) is 0 Å². The highest BCUT2D eigenvalue weighted by atomic mass is 16.2. The lowest BCUT2D eigenvalue weighted by molar-refractivity contribution is -0.906. The predicted molar refractivity (Wildman–Crippen MR) is 57.7 cm³/mol. The van der Waals surface area contributed by atoms with Crippen molar-refractivity contribution in [1.29, 1.82) is 0 Å². The fraction of sp³-hybridized carbons (Fsp3) is 1.00. The molecule has 0 atom stereocenters. The first kappa shape index (κ1) is 12.9. The van der Waals surface area contributed by atoms with Gasteiger partial charge in [-0.15, -0.1) is 0 Å². The number of aliphatic hydroxyl groups is 1. The number of hydrogen-bond donors (Lipinski definition) is 1. The molecule has 0 bridgehead atoms. The van der Waals surface area contributed by atoms with Gasteiger partial charge in [-0.25, -0.2) is 0 Å². The van der Waals surface area contributed by atoms with Gasteiger partial charge in [-0.1, -0.05) is 6.42 Å². The molecule has 1 N–H and O–H groups in total. The maximum absolute atomic E-state index is 8.61. The Hall–Kier alpha value is -0.0800. The molecule has 0 heterocycles. The van der Waals surface area contributed by atoms with E-state index < -0.39 is 0 Å². The van der Waals surface area contributed by atoms with Crippen LogP contribution in [0.1, 0.15) is 39.5 Å². The van der Waals surface area contributed by atoms with Crippen LogP contribution in [0.15, 0.2) is 0 Å². The summed E-state index contributed by atoms with van der Waals surface area (Å²) < 4.78 is 1.19. The molecule has 80 valence electrons. The third kappa shape index (κ3) is 6.05. The smallest absolute Gasteiger partial charge is 0.0784 e. The average molecular weight is 188 g/mol. The first-order valence-corrected chi connectivity index (χ1v) is 5.63. The van der Waals surface area contributed by atoms with Crippen LogP contribution in [0.4, 0.5) is 0 Å².